The minimum atomic E-state index is -0.893. The summed E-state index contributed by atoms with van der Waals surface area (Å²) in [6.45, 7) is 3.15. The van der Waals surface area contributed by atoms with E-state index in [2.05, 4.69) is 10.1 Å². The largest absolute Gasteiger partial charge is 0.481 e. The number of hydrogen-bond donors (Lipinski definition) is 1. The van der Waals surface area contributed by atoms with E-state index in [0.717, 1.165) is 12.8 Å². The highest BCUT2D eigenvalue weighted by atomic mass is 16.5. The summed E-state index contributed by atoms with van der Waals surface area (Å²) in [4.78, 5) is 30.5. The first-order chi connectivity index (χ1) is 11.6. The number of allylic oxidation sites excluding steroid dienone is 2. The Hall–Kier alpha value is -2.18. The van der Waals surface area contributed by atoms with Crippen molar-refractivity contribution in [2.45, 2.75) is 44.9 Å². The van der Waals surface area contributed by atoms with Gasteiger partial charge in [-0.15, -0.1) is 0 Å². The zero-order chi connectivity index (χ0) is 17.1. The Kier molecular flexibility index (Phi) is 4.97. The highest BCUT2D eigenvalue weighted by molar-refractivity contribution is 5.85. The molecule has 0 spiro atoms. The van der Waals surface area contributed by atoms with Crippen molar-refractivity contribution in [1.82, 2.24) is 15.0 Å². The fourth-order valence-electron chi connectivity index (χ4n) is 3.55. The molecule has 1 amide bonds. The van der Waals surface area contributed by atoms with Crippen molar-refractivity contribution in [2.24, 2.45) is 11.8 Å². The summed E-state index contributed by atoms with van der Waals surface area (Å²) in [5.41, 5.74) is 0. The van der Waals surface area contributed by atoms with Gasteiger partial charge in [-0.1, -0.05) is 24.2 Å². The van der Waals surface area contributed by atoms with Gasteiger partial charge >= 0.3 is 5.97 Å². The maximum Gasteiger partial charge on any atom is 0.307 e. The summed E-state index contributed by atoms with van der Waals surface area (Å²) >= 11 is 0. The van der Waals surface area contributed by atoms with Crippen LogP contribution >= 0.6 is 0 Å². The highest BCUT2D eigenvalue weighted by Crippen LogP contribution is 2.31. The smallest absolute Gasteiger partial charge is 0.307 e. The van der Waals surface area contributed by atoms with Gasteiger partial charge in [-0.25, -0.2) is 0 Å². The number of aryl methyl sites for hydroxylation is 1. The summed E-state index contributed by atoms with van der Waals surface area (Å²) < 4.78 is 5.32. The third kappa shape index (κ3) is 3.34. The van der Waals surface area contributed by atoms with E-state index in [9.17, 15) is 14.7 Å². The van der Waals surface area contributed by atoms with Crippen LogP contribution in [-0.2, 0) is 16.0 Å². The standard InChI is InChI=1S/C17H23N3O4/c1-2-14-18-15(24-19-14)11-6-5-9-20(10-11)16(21)12-7-3-4-8-13(12)17(22)23/h3-4,11-13H,2,5-10H2,1H3,(H,22,23)/t11-,12-,13+/m1/s1. The second kappa shape index (κ2) is 7.15. The number of carbonyl (C=O) groups excluding carboxylic acids is 1. The minimum absolute atomic E-state index is 0.0397. The predicted octanol–water partition coefficient (Wildman–Crippen LogP) is 2.00. The molecule has 7 heteroatoms. The molecule has 1 aromatic rings. The van der Waals surface area contributed by atoms with E-state index in [0.29, 0.717) is 44.1 Å². The van der Waals surface area contributed by atoms with Gasteiger partial charge in [-0.3, -0.25) is 9.59 Å². The number of likely N-dealkylation sites (tertiary alicyclic amines) is 1. The van der Waals surface area contributed by atoms with Crippen LogP contribution in [0.1, 0.15) is 50.2 Å². The molecule has 2 heterocycles. The average Bonchev–Trinajstić information content (AvgIpc) is 3.10. The molecule has 0 radical (unpaired) electrons. The van der Waals surface area contributed by atoms with E-state index in [-0.39, 0.29) is 11.8 Å². The number of aromatic nitrogens is 2. The lowest BCUT2D eigenvalue weighted by atomic mass is 9.81. The Balaban J connectivity index is 1.70. The van der Waals surface area contributed by atoms with Crippen LogP contribution in [0.5, 0.6) is 0 Å². The third-order valence-electron chi connectivity index (χ3n) is 4.95. The third-order valence-corrected chi connectivity index (χ3v) is 4.95. The lowest BCUT2D eigenvalue weighted by Crippen LogP contribution is -2.45. The molecule has 3 rings (SSSR count). The summed E-state index contributed by atoms with van der Waals surface area (Å²) in [5.74, 6) is -0.752. The Morgan fingerprint density at radius 3 is 2.75 bits per heavy atom. The van der Waals surface area contributed by atoms with E-state index in [4.69, 9.17) is 4.52 Å². The molecule has 0 saturated carbocycles. The van der Waals surface area contributed by atoms with Crippen LogP contribution in [0.4, 0.5) is 0 Å². The molecule has 1 saturated heterocycles. The number of carboxylic acid groups (broad SMARTS) is 1. The highest BCUT2D eigenvalue weighted by Gasteiger charge is 2.38. The molecule has 24 heavy (non-hydrogen) atoms. The fraction of sp³-hybridized carbons (Fsp3) is 0.647. The van der Waals surface area contributed by atoms with Crippen molar-refractivity contribution < 1.29 is 19.2 Å². The van der Waals surface area contributed by atoms with Gasteiger partial charge in [-0.2, -0.15) is 4.98 Å². The first kappa shape index (κ1) is 16.7. The Bertz CT molecular complexity index is 640. The molecular weight excluding hydrogens is 310 g/mol. The Morgan fingerprint density at radius 1 is 1.33 bits per heavy atom. The lowest BCUT2D eigenvalue weighted by molar-refractivity contribution is -0.151. The topological polar surface area (TPSA) is 96.5 Å². The van der Waals surface area contributed by atoms with Crippen LogP contribution in [0.15, 0.2) is 16.7 Å². The lowest BCUT2D eigenvalue weighted by Gasteiger charge is -2.35. The van der Waals surface area contributed by atoms with Gasteiger partial charge < -0.3 is 14.5 Å². The monoisotopic (exact) mass is 333 g/mol. The molecule has 130 valence electrons. The van der Waals surface area contributed by atoms with Crippen molar-refractivity contribution in [3.8, 4) is 0 Å². The molecular formula is C17H23N3O4. The van der Waals surface area contributed by atoms with Crippen molar-refractivity contribution in [3.05, 3.63) is 23.9 Å². The van der Waals surface area contributed by atoms with Crippen molar-refractivity contribution >= 4 is 11.9 Å². The molecule has 0 aromatic carbocycles. The second-order valence-corrected chi connectivity index (χ2v) is 6.52. The van der Waals surface area contributed by atoms with Crippen LogP contribution in [0.25, 0.3) is 0 Å². The van der Waals surface area contributed by atoms with Crippen LogP contribution in [0.3, 0.4) is 0 Å². The summed E-state index contributed by atoms with van der Waals surface area (Å²) in [6.07, 6.45) is 7.17. The molecule has 2 aliphatic rings. The van der Waals surface area contributed by atoms with Gasteiger partial charge in [-0.05, 0) is 25.7 Å². The molecule has 1 aromatic heterocycles. The zero-order valence-electron chi connectivity index (χ0n) is 13.9. The first-order valence-electron chi connectivity index (χ1n) is 8.59. The van der Waals surface area contributed by atoms with Gasteiger partial charge in [0, 0.05) is 19.5 Å². The number of hydrogen-bond acceptors (Lipinski definition) is 5. The summed E-state index contributed by atoms with van der Waals surface area (Å²) in [6, 6.07) is 0. The quantitative estimate of drug-likeness (QED) is 0.847. The first-order valence-corrected chi connectivity index (χ1v) is 8.59. The fourth-order valence-corrected chi connectivity index (χ4v) is 3.55. The van der Waals surface area contributed by atoms with Crippen molar-refractivity contribution in [1.29, 1.82) is 0 Å². The molecule has 1 aliphatic heterocycles. The molecule has 7 nitrogen and oxygen atoms in total. The number of nitrogens with zero attached hydrogens (tertiary/aromatic N) is 3. The van der Waals surface area contributed by atoms with Gasteiger partial charge in [0.25, 0.3) is 0 Å². The van der Waals surface area contributed by atoms with E-state index < -0.39 is 17.8 Å². The molecule has 1 aliphatic carbocycles. The summed E-state index contributed by atoms with van der Waals surface area (Å²) in [7, 11) is 0. The van der Waals surface area contributed by atoms with Gasteiger partial charge in [0.1, 0.15) is 0 Å². The normalized spacial score (nSPS) is 27.2. The zero-order valence-corrected chi connectivity index (χ0v) is 13.9. The predicted molar refractivity (Wildman–Crippen MR) is 85.2 cm³/mol. The number of piperidine rings is 1. The maximum absolute atomic E-state index is 12.9. The molecule has 1 fully saturated rings. The van der Waals surface area contributed by atoms with Crippen molar-refractivity contribution in [2.75, 3.05) is 13.1 Å². The van der Waals surface area contributed by atoms with Crippen molar-refractivity contribution in [3.63, 3.8) is 0 Å². The SMILES string of the molecule is CCc1noc([C@@H]2CCCN(C(=O)[C@@H]3CC=CC[C@@H]3C(=O)O)C2)n1. The van der Waals surface area contributed by atoms with Gasteiger partial charge in [0.2, 0.25) is 11.8 Å². The van der Waals surface area contributed by atoms with Crippen LogP contribution in [-0.4, -0.2) is 45.1 Å². The molecule has 0 unspecified atom stereocenters. The van der Waals surface area contributed by atoms with Crippen LogP contribution in [0.2, 0.25) is 0 Å². The molecule has 3 atom stereocenters. The van der Waals surface area contributed by atoms with E-state index in [1.165, 1.54) is 0 Å². The number of aliphatic carboxylic acids is 1. The maximum atomic E-state index is 12.9. The summed E-state index contributed by atoms with van der Waals surface area (Å²) in [5, 5.41) is 13.3. The van der Waals surface area contributed by atoms with E-state index in [1.54, 1.807) is 4.90 Å². The average molecular weight is 333 g/mol. The van der Waals surface area contributed by atoms with Gasteiger partial charge in [0.15, 0.2) is 5.82 Å². The van der Waals surface area contributed by atoms with E-state index >= 15 is 0 Å². The molecule has 1 N–H and O–H groups in total. The van der Waals surface area contributed by atoms with Gasteiger partial charge in [0.05, 0.1) is 17.8 Å². The number of amides is 1. The van der Waals surface area contributed by atoms with Crippen LogP contribution < -0.4 is 0 Å². The number of carbonyl (C=O) groups is 2. The Morgan fingerprint density at radius 2 is 2.08 bits per heavy atom. The number of carboxylic acids is 1. The van der Waals surface area contributed by atoms with Crippen LogP contribution in [0, 0.1) is 11.8 Å². The number of rotatable bonds is 4. The minimum Gasteiger partial charge on any atom is -0.481 e. The Labute approximate surface area is 140 Å². The molecule has 0 bridgehead atoms. The van der Waals surface area contributed by atoms with E-state index in [1.807, 2.05) is 19.1 Å². The second-order valence-electron chi connectivity index (χ2n) is 6.52.